The van der Waals surface area contributed by atoms with Crippen molar-refractivity contribution < 1.29 is 22.7 Å². The summed E-state index contributed by atoms with van der Waals surface area (Å²) in [5.74, 6) is 0.490. The van der Waals surface area contributed by atoms with Gasteiger partial charge in [0.1, 0.15) is 5.75 Å². The summed E-state index contributed by atoms with van der Waals surface area (Å²) in [4.78, 5) is 14.3. The highest BCUT2D eigenvalue weighted by Gasteiger charge is 2.45. The van der Waals surface area contributed by atoms with E-state index in [0.717, 1.165) is 17.7 Å². The third-order valence-electron chi connectivity index (χ3n) is 4.57. The third kappa shape index (κ3) is 2.97. The molecule has 1 aliphatic heterocycles. The Morgan fingerprint density at radius 1 is 1.08 bits per heavy atom. The molecule has 0 bridgehead atoms. The van der Waals surface area contributed by atoms with Crippen LogP contribution in [0.3, 0.4) is 0 Å². The summed E-state index contributed by atoms with van der Waals surface area (Å²) in [7, 11) is 1.57. The second-order valence-corrected chi connectivity index (χ2v) is 6.59. The predicted octanol–water partition coefficient (Wildman–Crippen LogP) is 4.54. The number of halogens is 3. The first kappa shape index (κ1) is 17.3. The van der Waals surface area contributed by atoms with E-state index in [2.05, 4.69) is 0 Å². The average Bonchev–Trinajstić information content (AvgIpc) is 2.75. The SMILES string of the molecule is COc1ccc(CN2C(=O)C(C)(C)c3cc(C(F)(F)F)ccc32)cc1. The molecule has 3 nitrogen and oxygen atoms in total. The van der Waals surface area contributed by atoms with Crippen molar-refractivity contribution in [1.82, 2.24) is 0 Å². The molecule has 1 heterocycles. The lowest BCUT2D eigenvalue weighted by atomic mass is 9.85. The highest BCUT2D eigenvalue weighted by Crippen LogP contribution is 2.44. The molecule has 1 aliphatic rings. The summed E-state index contributed by atoms with van der Waals surface area (Å²) in [5.41, 5.74) is 0.0686. The van der Waals surface area contributed by atoms with Crippen LogP contribution in [0, 0.1) is 0 Å². The lowest BCUT2D eigenvalue weighted by Crippen LogP contribution is -2.35. The number of amides is 1. The van der Waals surface area contributed by atoms with Gasteiger partial charge in [-0.05, 0) is 55.3 Å². The molecule has 25 heavy (non-hydrogen) atoms. The highest BCUT2D eigenvalue weighted by molar-refractivity contribution is 6.07. The molecule has 0 atom stereocenters. The number of fused-ring (bicyclic) bond motifs is 1. The molecule has 3 rings (SSSR count). The van der Waals surface area contributed by atoms with E-state index < -0.39 is 17.2 Å². The Kier molecular flexibility index (Phi) is 4.01. The lowest BCUT2D eigenvalue weighted by molar-refractivity contribution is -0.137. The van der Waals surface area contributed by atoms with Crippen molar-refractivity contribution in [2.45, 2.75) is 32.0 Å². The summed E-state index contributed by atoms with van der Waals surface area (Å²) < 4.78 is 44.1. The van der Waals surface area contributed by atoms with Crippen LogP contribution in [0.25, 0.3) is 0 Å². The molecule has 0 N–H and O–H groups in total. The molecular weight excluding hydrogens is 331 g/mol. The van der Waals surface area contributed by atoms with E-state index in [1.165, 1.54) is 11.0 Å². The smallest absolute Gasteiger partial charge is 0.416 e. The molecule has 0 unspecified atom stereocenters. The molecule has 0 aromatic heterocycles. The average molecular weight is 349 g/mol. The zero-order valence-corrected chi connectivity index (χ0v) is 14.1. The summed E-state index contributed by atoms with van der Waals surface area (Å²) in [6.07, 6.45) is -4.43. The van der Waals surface area contributed by atoms with E-state index >= 15 is 0 Å². The molecular formula is C19H18F3NO2. The van der Waals surface area contributed by atoms with Crippen LogP contribution in [0.5, 0.6) is 5.75 Å². The van der Waals surface area contributed by atoms with E-state index in [9.17, 15) is 18.0 Å². The van der Waals surface area contributed by atoms with Gasteiger partial charge in [-0.15, -0.1) is 0 Å². The van der Waals surface area contributed by atoms with Crippen molar-refractivity contribution in [3.8, 4) is 5.75 Å². The van der Waals surface area contributed by atoms with Gasteiger partial charge >= 0.3 is 6.18 Å². The molecule has 0 aliphatic carbocycles. The van der Waals surface area contributed by atoms with Gasteiger partial charge in [-0.1, -0.05) is 12.1 Å². The number of benzene rings is 2. The Morgan fingerprint density at radius 3 is 2.28 bits per heavy atom. The van der Waals surface area contributed by atoms with Gasteiger partial charge in [0, 0.05) is 5.69 Å². The minimum absolute atomic E-state index is 0.211. The maximum absolute atomic E-state index is 13.0. The van der Waals surface area contributed by atoms with E-state index in [1.807, 2.05) is 12.1 Å². The van der Waals surface area contributed by atoms with Crippen LogP contribution in [-0.4, -0.2) is 13.0 Å². The standard InChI is InChI=1S/C19H18F3NO2/c1-18(2)15-10-13(19(20,21)22)6-9-16(15)23(17(18)24)11-12-4-7-14(25-3)8-5-12/h4-10H,11H2,1-3H3. The first-order chi connectivity index (χ1) is 11.6. The molecule has 2 aromatic rings. The second kappa shape index (κ2) is 5.79. The maximum Gasteiger partial charge on any atom is 0.416 e. The monoisotopic (exact) mass is 349 g/mol. The normalized spacial score (nSPS) is 16.1. The van der Waals surface area contributed by atoms with Gasteiger partial charge < -0.3 is 9.64 Å². The third-order valence-corrected chi connectivity index (χ3v) is 4.57. The molecule has 0 spiro atoms. The van der Waals surface area contributed by atoms with Crippen molar-refractivity contribution >= 4 is 11.6 Å². The van der Waals surface area contributed by atoms with E-state index in [4.69, 9.17) is 4.74 Å². The number of alkyl halides is 3. The van der Waals surface area contributed by atoms with Crippen LogP contribution in [-0.2, 0) is 22.9 Å². The highest BCUT2D eigenvalue weighted by atomic mass is 19.4. The molecule has 0 saturated carbocycles. The number of nitrogens with zero attached hydrogens (tertiary/aromatic N) is 1. The number of rotatable bonds is 3. The molecule has 0 saturated heterocycles. The first-order valence-electron chi connectivity index (χ1n) is 7.81. The zero-order chi connectivity index (χ0) is 18.4. The van der Waals surface area contributed by atoms with Crippen molar-refractivity contribution in [3.05, 3.63) is 59.2 Å². The Hall–Kier alpha value is -2.50. The topological polar surface area (TPSA) is 29.5 Å². The fourth-order valence-corrected chi connectivity index (χ4v) is 3.08. The Morgan fingerprint density at radius 2 is 1.72 bits per heavy atom. The fraction of sp³-hybridized carbons (Fsp3) is 0.316. The first-order valence-corrected chi connectivity index (χ1v) is 7.81. The molecule has 132 valence electrons. The predicted molar refractivity (Wildman–Crippen MR) is 88.7 cm³/mol. The summed E-state index contributed by atoms with van der Waals surface area (Å²) in [6.45, 7) is 3.61. The number of ether oxygens (including phenoxy) is 1. The molecule has 1 amide bonds. The van der Waals surface area contributed by atoms with Crippen LogP contribution in [0.4, 0.5) is 18.9 Å². The van der Waals surface area contributed by atoms with E-state index in [-0.39, 0.29) is 5.91 Å². The Bertz CT molecular complexity index is 810. The number of carbonyl (C=O) groups is 1. The van der Waals surface area contributed by atoms with Gasteiger partial charge in [0.15, 0.2) is 0 Å². The van der Waals surface area contributed by atoms with Gasteiger partial charge in [0.2, 0.25) is 5.91 Å². The lowest BCUT2D eigenvalue weighted by Gasteiger charge is -2.20. The van der Waals surface area contributed by atoms with Gasteiger partial charge in [0.05, 0.1) is 24.6 Å². The van der Waals surface area contributed by atoms with Crippen LogP contribution < -0.4 is 9.64 Å². The van der Waals surface area contributed by atoms with Gasteiger partial charge in [-0.3, -0.25) is 4.79 Å². The number of hydrogen-bond donors (Lipinski definition) is 0. The second-order valence-electron chi connectivity index (χ2n) is 6.59. The Balaban J connectivity index is 1.98. The van der Waals surface area contributed by atoms with Gasteiger partial charge in [-0.2, -0.15) is 13.2 Å². The van der Waals surface area contributed by atoms with Crippen LogP contribution >= 0.6 is 0 Å². The minimum Gasteiger partial charge on any atom is -0.497 e. The van der Waals surface area contributed by atoms with Crippen LogP contribution in [0.15, 0.2) is 42.5 Å². The van der Waals surface area contributed by atoms with E-state index in [1.54, 1.807) is 33.1 Å². The van der Waals surface area contributed by atoms with Gasteiger partial charge in [-0.25, -0.2) is 0 Å². The number of carbonyl (C=O) groups excluding carboxylic acids is 1. The largest absolute Gasteiger partial charge is 0.497 e. The molecule has 0 radical (unpaired) electrons. The zero-order valence-electron chi connectivity index (χ0n) is 14.1. The summed E-state index contributed by atoms with van der Waals surface area (Å²) in [6, 6.07) is 10.7. The number of methoxy groups -OCH3 is 1. The van der Waals surface area contributed by atoms with Crippen molar-refractivity contribution in [1.29, 1.82) is 0 Å². The Labute approximate surface area is 144 Å². The molecule has 2 aromatic carbocycles. The summed E-state index contributed by atoms with van der Waals surface area (Å²) >= 11 is 0. The minimum atomic E-state index is -4.43. The van der Waals surface area contributed by atoms with Crippen LogP contribution in [0.2, 0.25) is 0 Å². The number of anilines is 1. The van der Waals surface area contributed by atoms with Crippen molar-refractivity contribution in [2.24, 2.45) is 0 Å². The molecule has 0 fully saturated rings. The van der Waals surface area contributed by atoms with Crippen LogP contribution in [0.1, 0.15) is 30.5 Å². The van der Waals surface area contributed by atoms with Crippen molar-refractivity contribution in [3.63, 3.8) is 0 Å². The van der Waals surface area contributed by atoms with Gasteiger partial charge in [0.25, 0.3) is 0 Å². The van der Waals surface area contributed by atoms with E-state index in [0.29, 0.717) is 23.5 Å². The molecule has 6 heteroatoms. The fourth-order valence-electron chi connectivity index (χ4n) is 3.08. The maximum atomic E-state index is 13.0. The van der Waals surface area contributed by atoms with Crippen molar-refractivity contribution in [2.75, 3.05) is 12.0 Å². The quantitative estimate of drug-likeness (QED) is 0.814. The number of hydrogen-bond acceptors (Lipinski definition) is 2. The summed E-state index contributed by atoms with van der Waals surface area (Å²) in [5, 5.41) is 0.